The Balaban J connectivity index is 2.02. The van der Waals surface area contributed by atoms with Crippen molar-refractivity contribution in [3.63, 3.8) is 0 Å². The van der Waals surface area contributed by atoms with Gasteiger partial charge in [-0.2, -0.15) is 0 Å². The number of piperidine rings is 1. The molecule has 2 heterocycles. The smallest absolute Gasteiger partial charge is 0.227 e. The summed E-state index contributed by atoms with van der Waals surface area (Å²) in [6.45, 7) is 6.82. The average molecular weight is 293 g/mol. The van der Waals surface area contributed by atoms with Crippen molar-refractivity contribution < 1.29 is 9.32 Å². The fourth-order valence-electron chi connectivity index (χ4n) is 3.15. The Bertz CT molecular complexity index is 447. The molecule has 1 amide bonds. The van der Waals surface area contributed by atoms with Gasteiger partial charge < -0.3 is 14.7 Å². The Hall–Kier alpha value is -1.36. The summed E-state index contributed by atoms with van der Waals surface area (Å²) in [5.74, 6) is 1.65. The second kappa shape index (κ2) is 7.59. The predicted molar refractivity (Wildman–Crippen MR) is 82.2 cm³/mol. The summed E-state index contributed by atoms with van der Waals surface area (Å²) in [4.78, 5) is 14.6. The van der Waals surface area contributed by atoms with E-state index in [2.05, 4.69) is 17.4 Å². The zero-order chi connectivity index (χ0) is 15.2. The van der Waals surface area contributed by atoms with Crippen molar-refractivity contribution in [2.45, 2.75) is 46.0 Å². The van der Waals surface area contributed by atoms with E-state index in [0.29, 0.717) is 12.3 Å². The molecule has 1 atom stereocenters. The number of aromatic nitrogens is 1. The van der Waals surface area contributed by atoms with Gasteiger partial charge in [-0.1, -0.05) is 19.0 Å². The summed E-state index contributed by atoms with van der Waals surface area (Å²) in [5, 5.41) is 7.31. The normalized spacial score (nSPS) is 19.0. The monoisotopic (exact) mass is 293 g/mol. The van der Waals surface area contributed by atoms with Crippen LogP contribution in [-0.2, 0) is 24.1 Å². The molecule has 0 aromatic carbocycles. The van der Waals surface area contributed by atoms with Crippen molar-refractivity contribution >= 4 is 5.91 Å². The fourth-order valence-corrected chi connectivity index (χ4v) is 3.15. The molecule has 0 radical (unpaired) electrons. The molecule has 1 saturated heterocycles. The summed E-state index contributed by atoms with van der Waals surface area (Å²) in [5.41, 5.74) is 1.95. The van der Waals surface area contributed by atoms with Crippen molar-refractivity contribution in [1.29, 1.82) is 0 Å². The van der Waals surface area contributed by atoms with Gasteiger partial charge in [0, 0.05) is 25.1 Å². The molecular formula is C16H27N3O2. The molecule has 0 aliphatic carbocycles. The summed E-state index contributed by atoms with van der Waals surface area (Å²) < 4.78 is 5.35. The van der Waals surface area contributed by atoms with E-state index in [1.165, 1.54) is 6.42 Å². The van der Waals surface area contributed by atoms with Crippen LogP contribution < -0.4 is 5.32 Å². The van der Waals surface area contributed by atoms with Crippen LogP contribution in [0.5, 0.6) is 0 Å². The first-order chi connectivity index (χ1) is 10.2. The van der Waals surface area contributed by atoms with Crippen LogP contribution in [0.1, 0.15) is 43.7 Å². The maximum Gasteiger partial charge on any atom is 0.227 e. The molecule has 1 fully saturated rings. The van der Waals surface area contributed by atoms with Crippen LogP contribution in [0.2, 0.25) is 0 Å². The van der Waals surface area contributed by atoms with Crippen LogP contribution in [0.3, 0.4) is 0 Å². The van der Waals surface area contributed by atoms with Gasteiger partial charge in [0.1, 0.15) is 5.76 Å². The van der Waals surface area contributed by atoms with Crippen LogP contribution in [0.25, 0.3) is 0 Å². The molecule has 0 unspecified atom stereocenters. The molecule has 1 aromatic rings. The molecule has 0 spiro atoms. The minimum absolute atomic E-state index is 0.211. The Morgan fingerprint density at radius 3 is 2.90 bits per heavy atom. The van der Waals surface area contributed by atoms with Gasteiger partial charge in [0.2, 0.25) is 5.91 Å². The van der Waals surface area contributed by atoms with Crippen molar-refractivity contribution in [2.24, 2.45) is 5.92 Å². The second-order valence-electron chi connectivity index (χ2n) is 5.82. The van der Waals surface area contributed by atoms with Crippen molar-refractivity contribution in [3.05, 3.63) is 17.0 Å². The van der Waals surface area contributed by atoms with Crippen molar-refractivity contribution in [3.8, 4) is 0 Å². The number of hydrogen-bond donors (Lipinski definition) is 1. The highest BCUT2D eigenvalue weighted by molar-refractivity contribution is 5.79. The fraction of sp³-hybridized carbons (Fsp3) is 0.750. The van der Waals surface area contributed by atoms with Crippen molar-refractivity contribution in [2.75, 3.05) is 26.7 Å². The van der Waals surface area contributed by atoms with E-state index in [0.717, 1.165) is 55.9 Å². The van der Waals surface area contributed by atoms with Gasteiger partial charge in [0.25, 0.3) is 0 Å². The predicted octanol–water partition coefficient (Wildman–Crippen LogP) is 1.80. The number of carbonyl (C=O) groups excluding carboxylic acids is 1. The molecule has 21 heavy (non-hydrogen) atoms. The zero-order valence-electron chi connectivity index (χ0n) is 13.4. The van der Waals surface area contributed by atoms with E-state index in [1.54, 1.807) is 0 Å². The summed E-state index contributed by atoms with van der Waals surface area (Å²) in [6, 6.07) is 0. The molecule has 0 saturated carbocycles. The molecule has 0 bridgehead atoms. The first-order valence-electron chi connectivity index (χ1n) is 8.08. The number of aryl methyl sites for hydroxylation is 2. The lowest BCUT2D eigenvalue weighted by Crippen LogP contribution is -2.43. The molecule has 1 N–H and O–H groups in total. The van der Waals surface area contributed by atoms with Crippen LogP contribution in [0.15, 0.2) is 4.52 Å². The first kappa shape index (κ1) is 16.0. The van der Waals surface area contributed by atoms with Gasteiger partial charge in [-0.15, -0.1) is 0 Å². The van der Waals surface area contributed by atoms with Crippen LogP contribution >= 0.6 is 0 Å². The Kier molecular flexibility index (Phi) is 5.79. The van der Waals surface area contributed by atoms with Gasteiger partial charge in [0.05, 0.1) is 12.1 Å². The van der Waals surface area contributed by atoms with Gasteiger partial charge >= 0.3 is 0 Å². The Labute approximate surface area is 127 Å². The Morgan fingerprint density at radius 1 is 1.43 bits per heavy atom. The standard InChI is InChI=1S/C16H27N3O2/c1-4-14-13(15(5-2)21-18-14)9-16(20)19-8-6-7-12(11-19)10-17-3/h12,17H,4-11H2,1-3H3/t12-/m1/s1. The van der Waals surface area contributed by atoms with E-state index >= 15 is 0 Å². The van der Waals surface area contributed by atoms with Crippen LogP contribution in [0.4, 0.5) is 0 Å². The molecule has 1 aliphatic rings. The lowest BCUT2D eigenvalue weighted by atomic mass is 9.97. The number of amides is 1. The topological polar surface area (TPSA) is 58.4 Å². The van der Waals surface area contributed by atoms with Crippen molar-refractivity contribution in [1.82, 2.24) is 15.4 Å². The van der Waals surface area contributed by atoms with E-state index in [-0.39, 0.29) is 5.91 Å². The lowest BCUT2D eigenvalue weighted by Gasteiger charge is -2.32. The number of hydrogen-bond acceptors (Lipinski definition) is 4. The molecule has 5 nitrogen and oxygen atoms in total. The number of rotatable bonds is 6. The SMILES string of the molecule is CCc1noc(CC)c1CC(=O)N1CCC[C@H](CNC)C1. The molecular weight excluding hydrogens is 266 g/mol. The maximum atomic E-state index is 12.6. The van der Waals surface area contributed by atoms with E-state index < -0.39 is 0 Å². The van der Waals surface area contributed by atoms with E-state index in [4.69, 9.17) is 4.52 Å². The average Bonchev–Trinajstić information content (AvgIpc) is 2.89. The molecule has 1 aromatic heterocycles. The maximum absolute atomic E-state index is 12.6. The molecule has 5 heteroatoms. The number of nitrogens with zero attached hydrogens (tertiary/aromatic N) is 2. The lowest BCUT2D eigenvalue weighted by molar-refractivity contribution is -0.132. The summed E-state index contributed by atoms with van der Waals surface area (Å²) >= 11 is 0. The molecule has 118 valence electrons. The molecule has 2 rings (SSSR count). The molecule has 1 aliphatic heterocycles. The van der Waals surface area contributed by atoms with Gasteiger partial charge in [-0.3, -0.25) is 4.79 Å². The number of nitrogens with one attached hydrogen (secondary N) is 1. The highest BCUT2D eigenvalue weighted by Gasteiger charge is 2.25. The van der Waals surface area contributed by atoms with Gasteiger partial charge in [-0.25, -0.2) is 0 Å². The summed E-state index contributed by atoms with van der Waals surface area (Å²) in [6.07, 6.45) is 4.34. The summed E-state index contributed by atoms with van der Waals surface area (Å²) in [7, 11) is 1.97. The third-order valence-electron chi connectivity index (χ3n) is 4.30. The second-order valence-corrected chi connectivity index (χ2v) is 5.82. The largest absolute Gasteiger partial charge is 0.361 e. The first-order valence-corrected chi connectivity index (χ1v) is 8.08. The minimum Gasteiger partial charge on any atom is -0.361 e. The van der Waals surface area contributed by atoms with Crippen LogP contribution in [0, 0.1) is 5.92 Å². The zero-order valence-corrected chi connectivity index (χ0v) is 13.4. The number of carbonyl (C=O) groups is 1. The highest BCUT2D eigenvalue weighted by Crippen LogP contribution is 2.20. The minimum atomic E-state index is 0.211. The van der Waals surface area contributed by atoms with E-state index in [9.17, 15) is 4.79 Å². The van der Waals surface area contributed by atoms with E-state index in [1.807, 2.05) is 18.9 Å². The third-order valence-corrected chi connectivity index (χ3v) is 4.30. The van der Waals surface area contributed by atoms with Crippen LogP contribution in [-0.4, -0.2) is 42.6 Å². The van der Waals surface area contributed by atoms with Gasteiger partial charge in [-0.05, 0) is 38.8 Å². The highest BCUT2D eigenvalue weighted by atomic mass is 16.5. The Morgan fingerprint density at radius 2 is 2.24 bits per heavy atom. The quantitative estimate of drug-likeness (QED) is 0.869. The van der Waals surface area contributed by atoms with Gasteiger partial charge in [0.15, 0.2) is 0 Å². The third kappa shape index (κ3) is 3.84. The number of likely N-dealkylation sites (tertiary alicyclic amines) is 1.